The number of nitrogens with one attached hydrogen (secondary N) is 1. The molecule has 0 saturated carbocycles. The van der Waals surface area contributed by atoms with Crippen LogP contribution in [0.15, 0.2) is 24.4 Å². The number of carbonyl (C=O) groups excluding carboxylic acids is 1. The van der Waals surface area contributed by atoms with Gasteiger partial charge in [-0.05, 0) is 12.1 Å². The van der Waals surface area contributed by atoms with Crippen LogP contribution in [-0.2, 0) is 11.3 Å². The van der Waals surface area contributed by atoms with Crippen LogP contribution >= 0.6 is 11.6 Å². The van der Waals surface area contributed by atoms with Crippen molar-refractivity contribution in [2.45, 2.75) is 12.7 Å². The molecular formula is C11H9ClF3N3O2. The zero-order valence-electron chi connectivity index (χ0n) is 9.95. The van der Waals surface area contributed by atoms with Gasteiger partial charge in [0.05, 0.1) is 12.2 Å². The van der Waals surface area contributed by atoms with Crippen LogP contribution in [0.25, 0.3) is 5.65 Å². The van der Waals surface area contributed by atoms with E-state index in [-0.39, 0.29) is 11.7 Å². The fourth-order valence-corrected chi connectivity index (χ4v) is 1.73. The van der Waals surface area contributed by atoms with E-state index in [1.165, 1.54) is 0 Å². The number of ether oxygens (including phenoxy) is 1. The molecule has 2 aromatic heterocycles. The molecule has 20 heavy (non-hydrogen) atoms. The Kier molecular flexibility index (Phi) is 4.03. The van der Waals surface area contributed by atoms with Gasteiger partial charge in [-0.2, -0.15) is 13.2 Å². The van der Waals surface area contributed by atoms with E-state index in [4.69, 9.17) is 11.6 Å². The van der Waals surface area contributed by atoms with Crippen LogP contribution < -0.4 is 5.32 Å². The Bertz CT molecular complexity index is 627. The third-order valence-corrected chi connectivity index (χ3v) is 2.70. The molecule has 1 amide bonds. The van der Waals surface area contributed by atoms with Gasteiger partial charge in [0.1, 0.15) is 10.8 Å². The van der Waals surface area contributed by atoms with E-state index in [9.17, 15) is 18.0 Å². The number of fused-ring (bicyclic) bond motifs is 1. The average Bonchev–Trinajstić information content (AvgIpc) is 2.71. The first-order valence-corrected chi connectivity index (χ1v) is 5.83. The summed E-state index contributed by atoms with van der Waals surface area (Å²) >= 11 is 6.02. The van der Waals surface area contributed by atoms with Crippen molar-refractivity contribution in [3.63, 3.8) is 0 Å². The summed E-state index contributed by atoms with van der Waals surface area (Å²) in [5.41, 5.74) is 0.903. The van der Waals surface area contributed by atoms with Crippen LogP contribution in [0.3, 0.4) is 0 Å². The Labute approximate surface area is 116 Å². The first-order chi connectivity index (χ1) is 9.37. The number of hydrogen-bond acceptors (Lipinski definition) is 3. The highest BCUT2D eigenvalue weighted by atomic mass is 35.5. The van der Waals surface area contributed by atoms with Gasteiger partial charge in [0.15, 0.2) is 6.61 Å². The molecule has 0 aliphatic rings. The molecule has 0 radical (unpaired) electrons. The number of carbonyl (C=O) groups is 1. The van der Waals surface area contributed by atoms with Gasteiger partial charge < -0.3 is 10.1 Å². The molecule has 0 saturated heterocycles. The number of aromatic nitrogens is 2. The largest absolute Gasteiger partial charge is 0.440 e. The summed E-state index contributed by atoms with van der Waals surface area (Å²) in [5, 5.41) is 2.43. The fraction of sp³-hybridized carbons (Fsp3) is 0.273. The fourth-order valence-electron chi connectivity index (χ4n) is 1.48. The van der Waals surface area contributed by atoms with Crippen molar-refractivity contribution < 1.29 is 22.7 Å². The summed E-state index contributed by atoms with van der Waals surface area (Å²) in [6, 6.07) is 5.21. The van der Waals surface area contributed by atoms with Gasteiger partial charge in [-0.25, -0.2) is 9.78 Å². The lowest BCUT2D eigenvalue weighted by molar-refractivity contribution is -0.160. The molecule has 9 heteroatoms. The van der Waals surface area contributed by atoms with Gasteiger partial charge in [0.25, 0.3) is 0 Å². The van der Waals surface area contributed by atoms with Crippen molar-refractivity contribution in [1.82, 2.24) is 14.7 Å². The van der Waals surface area contributed by atoms with Crippen LogP contribution in [0.5, 0.6) is 0 Å². The highest BCUT2D eigenvalue weighted by Gasteiger charge is 2.29. The number of rotatable bonds is 3. The van der Waals surface area contributed by atoms with E-state index in [0.717, 1.165) is 0 Å². The second-order valence-corrected chi connectivity index (χ2v) is 4.18. The second kappa shape index (κ2) is 5.58. The molecule has 0 aromatic carbocycles. The third kappa shape index (κ3) is 3.53. The van der Waals surface area contributed by atoms with Crippen molar-refractivity contribution in [3.05, 3.63) is 35.2 Å². The summed E-state index contributed by atoms with van der Waals surface area (Å²) in [7, 11) is 0. The summed E-state index contributed by atoms with van der Waals surface area (Å²) in [6.45, 7) is -1.77. The number of hydrogen-bond donors (Lipinski definition) is 1. The van der Waals surface area contributed by atoms with Crippen LogP contribution in [0.2, 0.25) is 5.15 Å². The molecule has 2 aromatic rings. The lowest BCUT2D eigenvalue weighted by Crippen LogP contribution is -2.28. The van der Waals surface area contributed by atoms with Crippen molar-refractivity contribution in [2.75, 3.05) is 6.61 Å². The second-order valence-electron chi connectivity index (χ2n) is 3.82. The first-order valence-electron chi connectivity index (χ1n) is 5.45. The smallest absolute Gasteiger partial charge is 0.422 e. The molecule has 0 aliphatic carbocycles. The molecule has 0 fully saturated rings. The Morgan fingerprint density at radius 2 is 2.20 bits per heavy atom. The number of halogens is 4. The zero-order chi connectivity index (χ0) is 14.8. The van der Waals surface area contributed by atoms with Crippen molar-refractivity contribution in [1.29, 1.82) is 0 Å². The first kappa shape index (κ1) is 14.4. The number of amides is 1. The van der Waals surface area contributed by atoms with Crippen molar-refractivity contribution in [3.8, 4) is 0 Å². The number of alkyl carbamates (subject to hydrolysis) is 1. The maximum absolute atomic E-state index is 11.8. The van der Waals surface area contributed by atoms with Gasteiger partial charge in [-0.1, -0.05) is 17.7 Å². The number of imidazole rings is 1. The minimum absolute atomic E-state index is 0.128. The van der Waals surface area contributed by atoms with Gasteiger partial charge in [0.2, 0.25) is 0 Å². The molecule has 0 bridgehead atoms. The van der Waals surface area contributed by atoms with Crippen LogP contribution in [0.1, 0.15) is 5.69 Å². The summed E-state index contributed by atoms with van der Waals surface area (Å²) < 4.78 is 41.1. The average molecular weight is 308 g/mol. The predicted molar refractivity (Wildman–Crippen MR) is 64.4 cm³/mol. The predicted octanol–water partition coefficient (Wildman–Crippen LogP) is 2.78. The molecular weight excluding hydrogens is 299 g/mol. The molecule has 1 N–H and O–H groups in total. The van der Waals surface area contributed by atoms with Gasteiger partial charge >= 0.3 is 12.3 Å². The van der Waals surface area contributed by atoms with E-state index in [0.29, 0.717) is 11.3 Å². The lowest BCUT2D eigenvalue weighted by atomic mass is 10.5. The standard InChI is InChI=1S/C11H9ClF3N3O2/c12-9-7(17-8-3-1-2-4-18(8)9)5-16-10(19)20-6-11(13,14)15/h1-4H,5-6H2,(H,16,19). The highest BCUT2D eigenvalue weighted by molar-refractivity contribution is 6.30. The van der Waals surface area contributed by atoms with Gasteiger partial charge in [0, 0.05) is 6.20 Å². The summed E-state index contributed by atoms with van der Waals surface area (Å²) in [4.78, 5) is 15.2. The van der Waals surface area contributed by atoms with E-state index in [1.54, 1.807) is 28.8 Å². The van der Waals surface area contributed by atoms with Crippen LogP contribution in [0.4, 0.5) is 18.0 Å². The van der Waals surface area contributed by atoms with E-state index >= 15 is 0 Å². The van der Waals surface area contributed by atoms with Crippen molar-refractivity contribution >= 4 is 23.3 Å². The Morgan fingerprint density at radius 1 is 1.45 bits per heavy atom. The minimum Gasteiger partial charge on any atom is -0.440 e. The van der Waals surface area contributed by atoms with E-state index < -0.39 is 18.9 Å². The molecule has 2 heterocycles. The Morgan fingerprint density at radius 3 is 2.85 bits per heavy atom. The van der Waals surface area contributed by atoms with E-state index in [1.807, 2.05) is 0 Å². The lowest BCUT2D eigenvalue weighted by Gasteiger charge is -2.08. The number of alkyl halides is 3. The summed E-state index contributed by atoms with van der Waals surface area (Å²) in [5.74, 6) is 0. The molecule has 5 nitrogen and oxygen atoms in total. The SMILES string of the molecule is O=C(NCc1nc2ccccn2c1Cl)OCC(F)(F)F. The van der Waals surface area contributed by atoms with Crippen LogP contribution in [0, 0.1) is 0 Å². The Balaban J connectivity index is 1.96. The molecule has 0 aliphatic heterocycles. The molecule has 2 rings (SSSR count). The maximum atomic E-state index is 11.8. The van der Waals surface area contributed by atoms with Gasteiger partial charge in [-0.3, -0.25) is 4.40 Å². The monoisotopic (exact) mass is 307 g/mol. The maximum Gasteiger partial charge on any atom is 0.422 e. The topological polar surface area (TPSA) is 55.6 Å². The minimum atomic E-state index is -4.56. The summed E-state index contributed by atoms with van der Waals surface area (Å²) in [6.07, 6.45) is -4.07. The van der Waals surface area contributed by atoms with E-state index in [2.05, 4.69) is 15.0 Å². The van der Waals surface area contributed by atoms with Crippen molar-refractivity contribution in [2.24, 2.45) is 0 Å². The quantitative estimate of drug-likeness (QED) is 0.948. The molecule has 0 unspecified atom stereocenters. The highest BCUT2D eigenvalue weighted by Crippen LogP contribution is 2.18. The zero-order valence-corrected chi connectivity index (χ0v) is 10.7. The normalized spacial score (nSPS) is 11.6. The third-order valence-electron chi connectivity index (χ3n) is 2.30. The van der Waals surface area contributed by atoms with Gasteiger partial charge in [-0.15, -0.1) is 0 Å². The number of pyridine rings is 1. The molecule has 108 valence electrons. The molecule has 0 spiro atoms. The Hall–Kier alpha value is -1.96. The van der Waals surface area contributed by atoms with Crippen LogP contribution in [-0.4, -0.2) is 28.3 Å². The molecule has 0 atom stereocenters. The number of nitrogens with zero attached hydrogens (tertiary/aromatic N) is 2.